The molecule has 6 nitrogen and oxygen atoms in total. The number of hydrogen-bond donors (Lipinski definition) is 1. The van der Waals surface area contributed by atoms with Gasteiger partial charge < -0.3 is 15.1 Å². The maximum Gasteiger partial charge on any atom is 0.269 e. The Balaban J connectivity index is 1.54. The Morgan fingerprint density at radius 2 is 1.63 bits per heavy atom. The fraction of sp³-hybridized carbons (Fsp3) is 0.222. The quantitative estimate of drug-likeness (QED) is 0.552. The summed E-state index contributed by atoms with van der Waals surface area (Å²) >= 11 is 0. The Kier molecular flexibility index (Phi) is 6.39. The predicted molar refractivity (Wildman–Crippen MR) is 130 cm³/mol. The van der Waals surface area contributed by atoms with E-state index in [4.69, 9.17) is 4.84 Å². The smallest absolute Gasteiger partial charge is 0.269 e. The van der Waals surface area contributed by atoms with Gasteiger partial charge in [-0.25, -0.2) is 8.78 Å². The number of oxime groups is 1. The number of likely N-dealkylation sites (N-methyl/N-ethyl adjacent to an activating group) is 1. The number of amides is 2. The standard InChI is InChI=1S/C27H25F2N3O3/c1-16-8-9-18(23-15-27(2,35-31-23)26(34)32(3)4)14-20(16)17-10-12-19(13-11-17)30-25(33)24-21(28)6-5-7-22(24)29/h5-14H,15H2,1-4H3,(H,30,33). The minimum absolute atomic E-state index is 0.156. The average molecular weight is 478 g/mol. The van der Waals surface area contributed by atoms with Gasteiger partial charge in [-0.1, -0.05) is 35.5 Å². The highest BCUT2D eigenvalue weighted by atomic mass is 19.1. The minimum atomic E-state index is -1.04. The van der Waals surface area contributed by atoms with Crippen molar-refractivity contribution >= 4 is 23.2 Å². The van der Waals surface area contributed by atoms with E-state index in [0.717, 1.165) is 34.4 Å². The van der Waals surface area contributed by atoms with Crippen LogP contribution in [0.5, 0.6) is 0 Å². The third kappa shape index (κ3) is 4.77. The van der Waals surface area contributed by atoms with Crippen LogP contribution in [0.3, 0.4) is 0 Å². The Morgan fingerprint density at radius 1 is 1.00 bits per heavy atom. The number of nitrogens with zero attached hydrogens (tertiary/aromatic N) is 2. The van der Waals surface area contributed by atoms with E-state index in [2.05, 4.69) is 10.5 Å². The molecule has 1 unspecified atom stereocenters. The summed E-state index contributed by atoms with van der Waals surface area (Å²) in [5, 5.41) is 6.70. The second-order valence-corrected chi connectivity index (χ2v) is 8.89. The minimum Gasteiger partial charge on any atom is -0.379 e. The molecule has 0 saturated carbocycles. The number of carbonyl (C=O) groups is 2. The van der Waals surface area contributed by atoms with Crippen molar-refractivity contribution in [2.75, 3.05) is 19.4 Å². The molecule has 0 saturated heterocycles. The molecule has 1 heterocycles. The summed E-state index contributed by atoms with van der Waals surface area (Å²) in [7, 11) is 3.36. The van der Waals surface area contributed by atoms with Gasteiger partial charge in [-0.2, -0.15) is 0 Å². The van der Waals surface area contributed by atoms with E-state index in [-0.39, 0.29) is 5.91 Å². The number of rotatable bonds is 5. The third-order valence-corrected chi connectivity index (χ3v) is 5.94. The average Bonchev–Trinajstić information content (AvgIpc) is 3.22. The maximum absolute atomic E-state index is 13.9. The lowest BCUT2D eigenvalue weighted by Crippen LogP contribution is -2.44. The Bertz CT molecular complexity index is 1320. The first kappa shape index (κ1) is 24.1. The SMILES string of the molecule is Cc1ccc(C2=NOC(C)(C(=O)N(C)C)C2)cc1-c1ccc(NC(=O)c2c(F)cccc2F)cc1. The van der Waals surface area contributed by atoms with Gasteiger partial charge in [-0.3, -0.25) is 9.59 Å². The maximum atomic E-state index is 13.9. The molecular formula is C27H25F2N3O3. The van der Waals surface area contributed by atoms with Crippen molar-refractivity contribution in [2.45, 2.75) is 25.9 Å². The molecule has 180 valence electrons. The molecule has 4 rings (SSSR count). The zero-order valence-electron chi connectivity index (χ0n) is 19.9. The molecule has 0 aromatic heterocycles. The molecule has 1 atom stereocenters. The molecule has 1 aliphatic heterocycles. The fourth-order valence-electron chi connectivity index (χ4n) is 4.04. The van der Waals surface area contributed by atoms with Gasteiger partial charge in [0.25, 0.3) is 11.8 Å². The number of benzene rings is 3. The van der Waals surface area contributed by atoms with Crippen LogP contribution in [-0.4, -0.2) is 42.1 Å². The summed E-state index contributed by atoms with van der Waals surface area (Å²) in [6.45, 7) is 3.70. The molecule has 2 amide bonds. The summed E-state index contributed by atoms with van der Waals surface area (Å²) in [6.07, 6.45) is 0.351. The van der Waals surface area contributed by atoms with Crippen LogP contribution in [0.4, 0.5) is 14.5 Å². The van der Waals surface area contributed by atoms with E-state index < -0.39 is 28.7 Å². The van der Waals surface area contributed by atoms with Crippen molar-refractivity contribution in [2.24, 2.45) is 5.16 Å². The Morgan fingerprint density at radius 3 is 2.26 bits per heavy atom. The zero-order valence-corrected chi connectivity index (χ0v) is 19.9. The lowest BCUT2D eigenvalue weighted by molar-refractivity contribution is -0.150. The van der Waals surface area contributed by atoms with Crippen molar-refractivity contribution in [1.82, 2.24) is 4.90 Å². The summed E-state index contributed by atoms with van der Waals surface area (Å²) in [5.41, 5.74) is 3.10. The van der Waals surface area contributed by atoms with Gasteiger partial charge in [0.2, 0.25) is 5.60 Å². The van der Waals surface area contributed by atoms with Crippen LogP contribution in [0.2, 0.25) is 0 Å². The molecular weight excluding hydrogens is 452 g/mol. The molecule has 3 aromatic rings. The second-order valence-electron chi connectivity index (χ2n) is 8.89. The molecule has 0 fully saturated rings. The summed E-state index contributed by atoms with van der Waals surface area (Å²) in [6, 6.07) is 16.1. The van der Waals surface area contributed by atoms with Gasteiger partial charge in [0.15, 0.2) is 0 Å². The first-order valence-electron chi connectivity index (χ1n) is 11.0. The van der Waals surface area contributed by atoms with Crippen LogP contribution in [0.25, 0.3) is 11.1 Å². The van der Waals surface area contributed by atoms with Gasteiger partial charge in [0, 0.05) is 31.8 Å². The highest BCUT2D eigenvalue weighted by molar-refractivity contribution is 6.06. The first-order valence-corrected chi connectivity index (χ1v) is 11.0. The van der Waals surface area contributed by atoms with E-state index in [0.29, 0.717) is 17.8 Å². The van der Waals surface area contributed by atoms with Gasteiger partial charge in [-0.05, 0) is 60.9 Å². The molecule has 1 N–H and O–H groups in total. The van der Waals surface area contributed by atoms with Crippen molar-refractivity contribution in [3.63, 3.8) is 0 Å². The zero-order chi connectivity index (χ0) is 25.3. The van der Waals surface area contributed by atoms with E-state index in [9.17, 15) is 18.4 Å². The summed E-state index contributed by atoms with van der Waals surface area (Å²) in [5.74, 6) is -2.86. The number of nitrogens with one attached hydrogen (secondary N) is 1. The molecule has 1 aliphatic rings. The van der Waals surface area contributed by atoms with Gasteiger partial charge >= 0.3 is 0 Å². The monoisotopic (exact) mass is 477 g/mol. The molecule has 0 aliphatic carbocycles. The van der Waals surface area contributed by atoms with Gasteiger partial charge in [0.05, 0.1) is 5.71 Å². The van der Waals surface area contributed by atoms with Crippen molar-refractivity contribution < 1.29 is 23.2 Å². The molecule has 35 heavy (non-hydrogen) atoms. The van der Waals surface area contributed by atoms with Crippen molar-refractivity contribution in [3.8, 4) is 11.1 Å². The van der Waals surface area contributed by atoms with Gasteiger partial charge in [0.1, 0.15) is 17.2 Å². The molecule has 0 spiro atoms. The topological polar surface area (TPSA) is 71.0 Å². The third-order valence-electron chi connectivity index (χ3n) is 5.94. The van der Waals surface area contributed by atoms with E-state index in [1.807, 2.05) is 37.3 Å². The fourth-order valence-corrected chi connectivity index (χ4v) is 4.04. The van der Waals surface area contributed by atoms with E-state index in [1.165, 1.54) is 11.0 Å². The lowest BCUT2D eigenvalue weighted by Gasteiger charge is -2.23. The number of anilines is 1. The Hall–Kier alpha value is -4.07. The highest BCUT2D eigenvalue weighted by Gasteiger charge is 2.43. The summed E-state index contributed by atoms with van der Waals surface area (Å²) < 4.78 is 27.8. The number of aryl methyl sites for hydroxylation is 1. The number of hydrogen-bond acceptors (Lipinski definition) is 4. The van der Waals surface area contributed by atoms with Crippen LogP contribution >= 0.6 is 0 Å². The van der Waals surface area contributed by atoms with Crippen LogP contribution in [0.15, 0.2) is 65.8 Å². The normalized spacial score (nSPS) is 16.9. The van der Waals surface area contributed by atoms with Crippen molar-refractivity contribution in [3.05, 3.63) is 89.0 Å². The number of carbonyl (C=O) groups excluding carboxylic acids is 2. The van der Waals surface area contributed by atoms with E-state index in [1.54, 1.807) is 33.2 Å². The largest absolute Gasteiger partial charge is 0.379 e. The predicted octanol–water partition coefficient (Wildman–Crippen LogP) is 5.16. The van der Waals surface area contributed by atoms with Crippen LogP contribution in [0.1, 0.15) is 34.8 Å². The first-order chi connectivity index (χ1) is 16.6. The van der Waals surface area contributed by atoms with E-state index >= 15 is 0 Å². The Labute approximate surface area is 202 Å². The van der Waals surface area contributed by atoms with Gasteiger partial charge in [-0.15, -0.1) is 0 Å². The summed E-state index contributed by atoms with van der Waals surface area (Å²) in [4.78, 5) is 31.8. The van der Waals surface area contributed by atoms with Crippen LogP contribution < -0.4 is 5.32 Å². The molecule has 0 radical (unpaired) electrons. The lowest BCUT2D eigenvalue weighted by atomic mass is 9.91. The van der Waals surface area contributed by atoms with Crippen LogP contribution in [0, 0.1) is 18.6 Å². The molecule has 8 heteroatoms. The molecule has 3 aromatic carbocycles. The second kappa shape index (κ2) is 9.29. The number of halogens is 2. The van der Waals surface area contributed by atoms with Crippen molar-refractivity contribution in [1.29, 1.82) is 0 Å². The molecule has 0 bridgehead atoms. The highest BCUT2D eigenvalue weighted by Crippen LogP contribution is 2.31. The van der Waals surface area contributed by atoms with Crippen LogP contribution in [-0.2, 0) is 9.63 Å².